The first-order valence-corrected chi connectivity index (χ1v) is 7.14. The van der Waals surface area contributed by atoms with Crippen molar-refractivity contribution in [1.82, 2.24) is 4.90 Å². The van der Waals surface area contributed by atoms with Crippen LogP contribution in [0.4, 0.5) is 0 Å². The van der Waals surface area contributed by atoms with Crippen LogP contribution in [0.1, 0.15) is 44.9 Å². The molecule has 0 spiro atoms. The van der Waals surface area contributed by atoms with E-state index in [1.54, 1.807) is 0 Å². The molecule has 0 aromatic carbocycles. The molecule has 0 heterocycles. The van der Waals surface area contributed by atoms with E-state index in [0.29, 0.717) is 5.92 Å². The van der Waals surface area contributed by atoms with E-state index in [9.17, 15) is 0 Å². The minimum atomic E-state index is 0.511. The number of nitrogens with one attached hydrogen (secondary N) is 1. The van der Waals surface area contributed by atoms with Crippen molar-refractivity contribution in [3.63, 3.8) is 0 Å². The van der Waals surface area contributed by atoms with Gasteiger partial charge in [0, 0.05) is 26.1 Å². The number of hydrogen-bond acceptors (Lipinski definition) is 2. The standard InChI is InChI=1S/C14H26N2O/c1-16(9-10-17-11-12-7-8-12)14(15)13-5-3-2-4-6-13/h12-13,15H,2-11H2,1H3. The molecule has 0 aromatic heterocycles. The molecule has 2 aliphatic carbocycles. The fraction of sp³-hybridized carbons (Fsp3) is 0.929. The zero-order valence-corrected chi connectivity index (χ0v) is 11.1. The summed E-state index contributed by atoms with van der Waals surface area (Å²) < 4.78 is 5.63. The molecule has 1 N–H and O–H groups in total. The van der Waals surface area contributed by atoms with Gasteiger partial charge in [-0.15, -0.1) is 0 Å². The smallest absolute Gasteiger partial charge is 0.0987 e. The Hall–Kier alpha value is -0.570. The zero-order chi connectivity index (χ0) is 12.1. The van der Waals surface area contributed by atoms with Crippen molar-refractivity contribution in [2.75, 3.05) is 26.8 Å². The Labute approximate surface area is 105 Å². The van der Waals surface area contributed by atoms with Crippen LogP contribution < -0.4 is 0 Å². The molecule has 0 aromatic rings. The topological polar surface area (TPSA) is 36.3 Å². The van der Waals surface area contributed by atoms with Gasteiger partial charge in [0.1, 0.15) is 0 Å². The molecule has 17 heavy (non-hydrogen) atoms. The maximum absolute atomic E-state index is 8.19. The van der Waals surface area contributed by atoms with Crippen molar-refractivity contribution in [2.24, 2.45) is 11.8 Å². The van der Waals surface area contributed by atoms with E-state index in [1.807, 2.05) is 7.05 Å². The monoisotopic (exact) mass is 238 g/mol. The van der Waals surface area contributed by atoms with Crippen molar-refractivity contribution in [2.45, 2.75) is 44.9 Å². The summed E-state index contributed by atoms with van der Waals surface area (Å²) in [5, 5.41) is 8.19. The Morgan fingerprint density at radius 3 is 2.53 bits per heavy atom. The van der Waals surface area contributed by atoms with Crippen LogP contribution >= 0.6 is 0 Å². The van der Waals surface area contributed by atoms with Crippen LogP contribution in [0, 0.1) is 17.2 Å². The number of ether oxygens (including phenoxy) is 1. The van der Waals surface area contributed by atoms with Crippen LogP contribution in [0.15, 0.2) is 0 Å². The van der Waals surface area contributed by atoms with Gasteiger partial charge in [0.05, 0.1) is 12.4 Å². The van der Waals surface area contributed by atoms with Gasteiger partial charge in [-0.2, -0.15) is 0 Å². The average molecular weight is 238 g/mol. The first-order valence-electron chi connectivity index (χ1n) is 7.14. The Bertz CT molecular complexity index is 245. The normalized spacial score (nSPS) is 21.5. The molecule has 0 amide bonds. The Kier molecular flexibility index (Phi) is 4.84. The second-order valence-electron chi connectivity index (χ2n) is 5.66. The molecule has 98 valence electrons. The van der Waals surface area contributed by atoms with Crippen molar-refractivity contribution < 1.29 is 4.74 Å². The lowest BCUT2D eigenvalue weighted by Crippen LogP contribution is -2.35. The van der Waals surface area contributed by atoms with Gasteiger partial charge in [0.15, 0.2) is 0 Å². The Balaban J connectivity index is 1.59. The summed E-state index contributed by atoms with van der Waals surface area (Å²) in [6, 6.07) is 0. The maximum Gasteiger partial charge on any atom is 0.0987 e. The van der Waals surface area contributed by atoms with Gasteiger partial charge in [0.2, 0.25) is 0 Å². The van der Waals surface area contributed by atoms with Crippen LogP contribution in [0.25, 0.3) is 0 Å². The first-order chi connectivity index (χ1) is 8.27. The molecule has 0 bridgehead atoms. The summed E-state index contributed by atoms with van der Waals surface area (Å²) in [4.78, 5) is 2.09. The van der Waals surface area contributed by atoms with Crippen LogP contribution in [-0.2, 0) is 4.74 Å². The fourth-order valence-electron chi connectivity index (χ4n) is 2.54. The molecule has 3 heteroatoms. The molecule has 0 saturated heterocycles. The van der Waals surface area contributed by atoms with Gasteiger partial charge in [-0.3, -0.25) is 5.41 Å². The number of nitrogens with zero attached hydrogens (tertiary/aromatic N) is 1. The number of hydrogen-bond donors (Lipinski definition) is 1. The molecule has 2 saturated carbocycles. The van der Waals surface area contributed by atoms with E-state index in [4.69, 9.17) is 10.1 Å². The van der Waals surface area contributed by atoms with E-state index in [2.05, 4.69) is 4.90 Å². The highest BCUT2D eigenvalue weighted by atomic mass is 16.5. The molecule has 0 unspecified atom stereocenters. The van der Waals surface area contributed by atoms with Crippen molar-refractivity contribution in [3.8, 4) is 0 Å². The summed E-state index contributed by atoms with van der Waals surface area (Å²) in [5.41, 5.74) is 0. The third-order valence-electron chi connectivity index (χ3n) is 4.02. The van der Waals surface area contributed by atoms with E-state index in [-0.39, 0.29) is 0 Å². The van der Waals surface area contributed by atoms with Crippen LogP contribution in [-0.4, -0.2) is 37.5 Å². The quantitative estimate of drug-likeness (QED) is 0.439. The number of likely N-dealkylation sites (N-methyl/N-ethyl adjacent to an activating group) is 1. The molecular weight excluding hydrogens is 212 g/mol. The second kappa shape index (κ2) is 6.39. The van der Waals surface area contributed by atoms with Crippen molar-refractivity contribution in [3.05, 3.63) is 0 Å². The first kappa shape index (κ1) is 12.9. The largest absolute Gasteiger partial charge is 0.379 e. The number of amidine groups is 1. The summed E-state index contributed by atoms with van der Waals surface area (Å²) in [5.74, 6) is 2.19. The lowest BCUT2D eigenvalue weighted by atomic mass is 9.88. The van der Waals surface area contributed by atoms with E-state index in [1.165, 1.54) is 44.9 Å². The van der Waals surface area contributed by atoms with Crippen molar-refractivity contribution >= 4 is 5.84 Å². The minimum Gasteiger partial charge on any atom is -0.379 e. The zero-order valence-electron chi connectivity index (χ0n) is 11.1. The van der Waals surface area contributed by atoms with Gasteiger partial charge in [-0.05, 0) is 31.6 Å². The summed E-state index contributed by atoms with van der Waals surface area (Å²) >= 11 is 0. The van der Waals surface area contributed by atoms with Gasteiger partial charge in [-0.25, -0.2) is 0 Å². The van der Waals surface area contributed by atoms with E-state index >= 15 is 0 Å². The molecule has 0 radical (unpaired) electrons. The predicted molar refractivity (Wildman–Crippen MR) is 70.5 cm³/mol. The van der Waals surface area contributed by atoms with Crippen LogP contribution in [0.3, 0.4) is 0 Å². The summed E-state index contributed by atoms with van der Waals surface area (Å²) in [6.07, 6.45) is 9.11. The Morgan fingerprint density at radius 2 is 1.88 bits per heavy atom. The lowest BCUT2D eigenvalue weighted by molar-refractivity contribution is 0.114. The molecule has 2 fully saturated rings. The SMILES string of the molecule is CN(CCOCC1CC1)C(=N)C1CCCCC1. The molecule has 3 nitrogen and oxygen atoms in total. The molecule has 2 rings (SSSR count). The summed E-state index contributed by atoms with van der Waals surface area (Å²) in [7, 11) is 2.04. The van der Waals surface area contributed by atoms with Crippen molar-refractivity contribution in [1.29, 1.82) is 5.41 Å². The van der Waals surface area contributed by atoms with Crippen LogP contribution in [0.5, 0.6) is 0 Å². The van der Waals surface area contributed by atoms with Gasteiger partial charge < -0.3 is 9.64 Å². The lowest BCUT2D eigenvalue weighted by Gasteiger charge is -2.29. The molecule has 0 atom stereocenters. The van der Waals surface area contributed by atoms with Gasteiger partial charge in [0.25, 0.3) is 0 Å². The second-order valence-corrected chi connectivity index (χ2v) is 5.66. The average Bonchev–Trinajstić information content (AvgIpc) is 3.18. The summed E-state index contributed by atoms with van der Waals surface area (Å²) in [6.45, 7) is 2.59. The third kappa shape index (κ3) is 4.30. The number of rotatable bonds is 6. The predicted octanol–water partition coefficient (Wildman–Crippen LogP) is 2.90. The van der Waals surface area contributed by atoms with Gasteiger partial charge in [-0.1, -0.05) is 19.3 Å². The van der Waals surface area contributed by atoms with Crippen LogP contribution in [0.2, 0.25) is 0 Å². The van der Waals surface area contributed by atoms with E-state index in [0.717, 1.165) is 31.5 Å². The maximum atomic E-state index is 8.19. The minimum absolute atomic E-state index is 0.511. The molecule has 2 aliphatic rings. The fourth-order valence-corrected chi connectivity index (χ4v) is 2.54. The highest BCUT2D eigenvalue weighted by Gasteiger charge is 2.22. The molecular formula is C14H26N2O. The highest BCUT2D eigenvalue weighted by molar-refractivity contribution is 5.81. The molecule has 0 aliphatic heterocycles. The highest BCUT2D eigenvalue weighted by Crippen LogP contribution is 2.28. The third-order valence-corrected chi connectivity index (χ3v) is 4.02. The van der Waals surface area contributed by atoms with E-state index < -0.39 is 0 Å². The van der Waals surface area contributed by atoms with Gasteiger partial charge >= 0.3 is 0 Å². The Morgan fingerprint density at radius 1 is 1.18 bits per heavy atom.